The van der Waals surface area contributed by atoms with Crippen molar-refractivity contribution < 1.29 is 9.53 Å². The molecule has 0 radical (unpaired) electrons. The van der Waals surface area contributed by atoms with Crippen molar-refractivity contribution >= 4 is 12.0 Å². The summed E-state index contributed by atoms with van der Waals surface area (Å²) in [6.45, 7) is 10.3. The molecule has 0 aromatic heterocycles. The second-order valence-electron chi connectivity index (χ2n) is 4.40. The zero-order chi connectivity index (χ0) is 15.0. The Morgan fingerprint density at radius 2 is 1.95 bits per heavy atom. The Bertz CT molecular complexity index is 508. The van der Waals surface area contributed by atoms with Crippen LogP contribution in [0.3, 0.4) is 0 Å². The summed E-state index contributed by atoms with van der Waals surface area (Å²) in [7, 11) is 1.62. The summed E-state index contributed by atoms with van der Waals surface area (Å²) in [5.41, 5.74) is 2.00. The molecule has 0 saturated heterocycles. The van der Waals surface area contributed by atoms with Crippen LogP contribution in [0.2, 0.25) is 0 Å². The maximum atomic E-state index is 12.1. The number of hydrogen-bond donors (Lipinski definition) is 0. The Hall–Kier alpha value is -2.29. The van der Waals surface area contributed by atoms with Gasteiger partial charge in [-0.1, -0.05) is 23.8 Å². The number of carbonyl (C=O) groups excluding carboxylic acids is 1. The first-order chi connectivity index (χ1) is 9.62. The van der Waals surface area contributed by atoms with Gasteiger partial charge in [0, 0.05) is 24.7 Å². The molecule has 0 spiro atoms. The number of methoxy groups -OCH3 is 1. The Morgan fingerprint density at radius 3 is 2.50 bits per heavy atom. The van der Waals surface area contributed by atoms with Crippen molar-refractivity contribution in [1.29, 1.82) is 0 Å². The Balaban J connectivity index is 2.90. The third-order valence-electron chi connectivity index (χ3n) is 2.80. The van der Waals surface area contributed by atoms with Crippen LogP contribution in [-0.4, -0.2) is 31.0 Å². The minimum Gasteiger partial charge on any atom is -0.496 e. The van der Waals surface area contributed by atoms with E-state index in [1.54, 1.807) is 36.3 Å². The van der Waals surface area contributed by atoms with Gasteiger partial charge in [0.1, 0.15) is 5.75 Å². The summed E-state index contributed by atoms with van der Waals surface area (Å²) >= 11 is 0. The van der Waals surface area contributed by atoms with Crippen LogP contribution < -0.4 is 4.74 Å². The van der Waals surface area contributed by atoms with Gasteiger partial charge in [-0.25, -0.2) is 0 Å². The van der Waals surface area contributed by atoms with Gasteiger partial charge in [-0.15, -0.1) is 13.2 Å². The normalized spacial score (nSPS) is 10.3. The number of ether oxygens (including phenoxy) is 1. The lowest BCUT2D eigenvalue weighted by Gasteiger charge is -2.17. The van der Waals surface area contributed by atoms with E-state index in [4.69, 9.17) is 4.74 Å². The maximum Gasteiger partial charge on any atom is 0.247 e. The van der Waals surface area contributed by atoms with E-state index in [9.17, 15) is 4.79 Å². The molecule has 0 saturated carbocycles. The Labute approximate surface area is 120 Å². The summed E-state index contributed by atoms with van der Waals surface area (Å²) < 4.78 is 5.28. The lowest BCUT2D eigenvalue weighted by Crippen LogP contribution is -2.29. The highest BCUT2D eigenvalue weighted by atomic mass is 16.5. The molecule has 0 aliphatic rings. The van der Waals surface area contributed by atoms with E-state index in [0.717, 1.165) is 16.9 Å². The fraction of sp³-hybridized carbons (Fsp3) is 0.235. The molecule has 0 N–H and O–H groups in total. The van der Waals surface area contributed by atoms with Gasteiger partial charge in [-0.05, 0) is 25.1 Å². The van der Waals surface area contributed by atoms with Gasteiger partial charge < -0.3 is 9.64 Å². The first kappa shape index (κ1) is 15.8. The average molecular weight is 271 g/mol. The molecule has 0 atom stereocenters. The minimum absolute atomic E-state index is 0.0756. The van der Waals surface area contributed by atoms with E-state index in [1.165, 1.54) is 0 Å². The predicted molar refractivity (Wildman–Crippen MR) is 83.7 cm³/mol. The van der Waals surface area contributed by atoms with Crippen molar-refractivity contribution in [3.05, 3.63) is 60.7 Å². The molecule has 0 bridgehead atoms. The predicted octanol–water partition coefficient (Wildman–Crippen LogP) is 3.22. The molecule has 0 aliphatic carbocycles. The first-order valence-electron chi connectivity index (χ1n) is 6.45. The molecule has 1 aromatic rings. The molecule has 20 heavy (non-hydrogen) atoms. The van der Waals surface area contributed by atoms with Crippen molar-refractivity contribution in [2.45, 2.75) is 6.92 Å². The molecule has 1 rings (SSSR count). The summed E-state index contributed by atoms with van der Waals surface area (Å²) in [6.07, 6.45) is 6.71. The van der Waals surface area contributed by atoms with Crippen LogP contribution in [0.4, 0.5) is 0 Å². The topological polar surface area (TPSA) is 29.5 Å². The molecule has 1 aromatic carbocycles. The fourth-order valence-corrected chi connectivity index (χ4v) is 1.82. The van der Waals surface area contributed by atoms with Crippen LogP contribution >= 0.6 is 0 Å². The number of amides is 1. The molecule has 106 valence electrons. The second-order valence-corrected chi connectivity index (χ2v) is 4.40. The van der Waals surface area contributed by atoms with Crippen molar-refractivity contribution in [1.82, 2.24) is 4.90 Å². The van der Waals surface area contributed by atoms with Crippen molar-refractivity contribution in [2.75, 3.05) is 20.2 Å². The molecule has 0 unspecified atom stereocenters. The van der Waals surface area contributed by atoms with Crippen molar-refractivity contribution in [3.63, 3.8) is 0 Å². The maximum absolute atomic E-state index is 12.1. The van der Waals surface area contributed by atoms with E-state index < -0.39 is 0 Å². The van der Waals surface area contributed by atoms with Gasteiger partial charge >= 0.3 is 0 Å². The lowest BCUT2D eigenvalue weighted by atomic mass is 10.1. The monoisotopic (exact) mass is 271 g/mol. The lowest BCUT2D eigenvalue weighted by molar-refractivity contribution is -0.124. The molecular weight excluding hydrogens is 250 g/mol. The standard InChI is InChI=1S/C17H21NO2/c1-5-11-18(12-6-2)17(19)10-8-15-13-14(3)7-9-16(15)20-4/h5-10,13H,1-2,11-12H2,3-4H3/b10-8+. The van der Waals surface area contributed by atoms with Gasteiger partial charge in [-0.2, -0.15) is 0 Å². The number of carbonyl (C=O) groups is 1. The van der Waals surface area contributed by atoms with Crippen LogP contribution in [0.1, 0.15) is 11.1 Å². The number of benzene rings is 1. The highest BCUT2D eigenvalue weighted by molar-refractivity contribution is 5.92. The summed E-state index contributed by atoms with van der Waals surface area (Å²) in [4.78, 5) is 13.7. The van der Waals surface area contributed by atoms with Crippen LogP contribution in [0.25, 0.3) is 6.08 Å². The molecule has 1 amide bonds. The quantitative estimate of drug-likeness (QED) is 0.563. The largest absolute Gasteiger partial charge is 0.496 e. The SMILES string of the molecule is C=CCN(CC=C)C(=O)/C=C/c1cc(C)ccc1OC. The highest BCUT2D eigenvalue weighted by Gasteiger charge is 2.07. The van der Waals surface area contributed by atoms with Crippen LogP contribution in [0.5, 0.6) is 5.75 Å². The molecule has 0 aliphatic heterocycles. The van der Waals surface area contributed by atoms with E-state index in [-0.39, 0.29) is 5.91 Å². The van der Waals surface area contributed by atoms with Crippen LogP contribution in [0, 0.1) is 6.92 Å². The zero-order valence-corrected chi connectivity index (χ0v) is 12.1. The van der Waals surface area contributed by atoms with Crippen molar-refractivity contribution in [3.8, 4) is 5.75 Å². The molecule has 3 nitrogen and oxygen atoms in total. The van der Waals surface area contributed by atoms with E-state index in [2.05, 4.69) is 13.2 Å². The third-order valence-corrected chi connectivity index (χ3v) is 2.80. The molecule has 0 heterocycles. The highest BCUT2D eigenvalue weighted by Crippen LogP contribution is 2.21. The summed E-state index contributed by atoms with van der Waals surface area (Å²) in [6, 6.07) is 5.85. The van der Waals surface area contributed by atoms with Gasteiger partial charge in [-0.3, -0.25) is 4.79 Å². The second kappa shape index (κ2) is 8.00. The number of aryl methyl sites for hydroxylation is 1. The summed E-state index contributed by atoms with van der Waals surface area (Å²) in [5, 5.41) is 0. The van der Waals surface area contributed by atoms with E-state index in [0.29, 0.717) is 13.1 Å². The van der Waals surface area contributed by atoms with E-state index >= 15 is 0 Å². The van der Waals surface area contributed by atoms with Gasteiger partial charge in [0.2, 0.25) is 5.91 Å². The fourth-order valence-electron chi connectivity index (χ4n) is 1.82. The Morgan fingerprint density at radius 1 is 1.30 bits per heavy atom. The first-order valence-corrected chi connectivity index (χ1v) is 6.45. The Kier molecular flexibility index (Phi) is 6.30. The minimum atomic E-state index is -0.0756. The van der Waals surface area contributed by atoms with Crippen LogP contribution in [-0.2, 0) is 4.79 Å². The number of rotatable bonds is 7. The van der Waals surface area contributed by atoms with E-state index in [1.807, 2.05) is 25.1 Å². The smallest absolute Gasteiger partial charge is 0.247 e. The van der Waals surface area contributed by atoms with Crippen LogP contribution in [0.15, 0.2) is 49.6 Å². The number of hydrogen-bond acceptors (Lipinski definition) is 2. The third kappa shape index (κ3) is 4.43. The van der Waals surface area contributed by atoms with Gasteiger partial charge in [0.15, 0.2) is 0 Å². The molecule has 3 heteroatoms. The van der Waals surface area contributed by atoms with Gasteiger partial charge in [0.25, 0.3) is 0 Å². The molecular formula is C17H21NO2. The number of nitrogens with zero attached hydrogens (tertiary/aromatic N) is 1. The van der Waals surface area contributed by atoms with Gasteiger partial charge in [0.05, 0.1) is 7.11 Å². The summed E-state index contributed by atoms with van der Waals surface area (Å²) in [5.74, 6) is 0.673. The van der Waals surface area contributed by atoms with Crippen molar-refractivity contribution in [2.24, 2.45) is 0 Å². The zero-order valence-electron chi connectivity index (χ0n) is 12.1. The molecule has 0 fully saturated rings. The average Bonchev–Trinajstić information content (AvgIpc) is 2.44.